The number of carboxylic acids is 1. The number of nitrogens with zero attached hydrogens (tertiary/aromatic N) is 3. The number of rotatable bonds is 7. The van der Waals surface area contributed by atoms with Crippen LogP contribution in [-0.2, 0) is 4.79 Å². The lowest BCUT2D eigenvalue weighted by Crippen LogP contribution is -2.47. The van der Waals surface area contributed by atoms with Crippen molar-refractivity contribution in [3.63, 3.8) is 0 Å². The Bertz CT molecular complexity index is 865. The summed E-state index contributed by atoms with van der Waals surface area (Å²) in [5.41, 5.74) is 1.38. The summed E-state index contributed by atoms with van der Waals surface area (Å²) in [6, 6.07) is 7.80. The molecule has 3 rings (SSSR count). The molecule has 2 N–H and O–H groups in total. The number of pyridine rings is 1. The summed E-state index contributed by atoms with van der Waals surface area (Å²) < 4.78 is 13.1. The van der Waals surface area contributed by atoms with Crippen LogP contribution in [-0.4, -0.2) is 48.1 Å². The van der Waals surface area contributed by atoms with E-state index in [4.69, 9.17) is 0 Å². The van der Waals surface area contributed by atoms with Crippen molar-refractivity contribution in [2.24, 2.45) is 0 Å². The number of anilines is 3. The minimum atomic E-state index is -1.09. The summed E-state index contributed by atoms with van der Waals surface area (Å²) in [6.07, 6.45) is 3.58. The Morgan fingerprint density at radius 1 is 1.14 bits per heavy atom. The molecule has 0 bridgehead atoms. The lowest BCUT2D eigenvalue weighted by Gasteiger charge is -2.37. The Balaban J connectivity index is 1.69. The van der Waals surface area contributed by atoms with Gasteiger partial charge in [0, 0.05) is 38.3 Å². The molecule has 7 nitrogen and oxygen atoms in total. The topological polar surface area (TPSA) is 85.8 Å². The summed E-state index contributed by atoms with van der Waals surface area (Å²) >= 11 is 0. The first-order valence-electron chi connectivity index (χ1n) is 9.76. The molecule has 154 valence electrons. The highest BCUT2D eigenvalue weighted by molar-refractivity contribution is 5.97. The third-order valence-corrected chi connectivity index (χ3v) is 4.91. The molecule has 1 aromatic carbocycles. The van der Waals surface area contributed by atoms with Crippen LogP contribution in [0.3, 0.4) is 0 Å². The van der Waals surface area contributed by atoms with Gasteiger partial charge in [-0.15, -0.1) is 0 Å². The number of carbonyl (C=O) groups is 2. The predicted molar refractivity (Wildman–Crippen MR) is 110 cm³/mol. The van der Waals surface area contributed by atoms with Gasteiger partial charge in [-0.1, -0.05) is 13.3 Å². The number of unbranched alkanes of at least 4 members (excludes halogenated alkanes) is 1. The molecule has 29 heavy (non-hydrogen) atoms. The molecule has 0 spiro atoms. The fourth-order valence-corrected chi connectivity index (χ4v) is 3.32. The largest absolute Gasteiger partial charge is 0.478 e. The van der Waals surface area contributed by atoms with E-state index < -0.39 is 5.97 Å². The monoisotopic (exact) mass is 400 g/mol. The number of benzene rings is 1. The molecule has 2 heterocycles. The van der Waals surface area contributed by atoms with Gasteiger partial charge < -0.3 is 20.2 Å². The van der Waals surface area contributed by atoms with Crippen LogP contribution in [0.1, 0.15) is 36.5 Å². The van der Waals surface area contributed by atoms with Crippen molar-refractivity contribution in [2.75, 3.05) is 41.3 Å². The number of halogens is 1. The SMILES string of the molecule is CCCCC(=O)Nc1cnc(N2CCN(c3ccc(F)cc3)CC2)c(C(=O)O)c1. The quantitative estimate of drug-likeness (QED) is 0.741. The highest BCUT2D eigenvalue weighted by Gasteiger charge is 2.23. The molecule has 0 atom stereocenters. The van der Waals surface area contributed by atoms with Crippen LogP contribution in [0.25, 0.3) is 0 Å². The van der Waals surface area contributed by atoms with Crippen LogP contribution >= 0.6 is 0 Å². The highest BCUT2D eigenvalue weighted by atomic mass is 19.1. The van der Waals surface area contributed by atoms with Crippen molar-refractivity contribution >= 4 is 29.1 Å². The van der Waals surface area contributed by atoms with Crippen molar-refractivity contribution in [3.05, 3.63) is 47.9 Å². The third kappa shape index (κ3) is 5.22. The molecule has 1 saturated heterocycles. The van der Waals surface area contributed by atoms with Crippen molar-refractivity contribution in [1.29, 1.82) is 0 Å². The van der Waals surface area contributed by atoms with Crippen LogP contribution in [0.4, 0.5) is 21.6 Å². The first-order valence-corrected chi connectivity index (χ1v) is 9.76. The number of nitrogens with one attached hydrogen (secondary N) is 1. The summed E-state index contributed by atoms with van der Waals surface area (Å²) in [6.45, 7) is 4.52. The zero-order valence-corrected chi connectivity index (χ0v) is 16.4. The minimum Gasteiger partial charge on any atom is -0.478 e. The van der Waals surface area contributed by atoms with E-state index in [0.29, 0.717) is 44.1 Å². The summed E-state index contributed by atoms with van der Waals surface area (Å²) in [4.78, 5) is 32.0. The molecule has 0 unspecified atom stereocenters. The molecule has 1 aromatic heterocycles. The second kappa shape index (κ2) is 9.36. The lowest BCUT2D eigenvalue weighted by molar-refractivity contribution is -0.116. The standard InChI is InChI=1S/C21H25FN4O3/c1-2-3-4-19(27)24-16-13-18(21(28)29)20(23-14-16)26-11-9-25(10-12-26)17-7-5-15(22)6-8-17/h5-8,13-14H,2-4,9-12H2,1H3,(H,24,27)(H,28,29). The van der Waals surface area contributed by atoms with Gasteiger partial charge in [0.15, 0.2) is 0 Å². The van der Waals surface area contributed by atoms with E-state index in [2.05, 4.69) is 15.2 Å². The van der Waals surface area contributed by atoms with E-state index in [1.807, 2.05) is 11.8 Å². The Kier molecular flexibility index (Phi) is 6.64. The summed E-state index contributed by atoms with van der Waals surface area (Å²) in [7, 11) is 0. The van der Waals surface area contributed by atoms with Crippen molar-refractivity contribution in [2.45, 2.75) is 26.2 Å². The molecule has 0 radical (unpaired) electrons. The second-order valence-corrected chi connectivity index (χ2v) is 7.00. The van der Waals surface area contributed by atoms with Gasteiger partial charge in [0.2, 0.25) is 5.91 Å². The van der Waals surface area contributed by atoms with Gasteiger partial charge in [-0.2, -0.15) is 0 Å². The Labute approximate surface area is 169 Å². The number of piperazine rings is 1. The smallest absolute Gasteiger partial charge is 0.339 e. The van der Waals surface area contributed by atoms with Crippen molar-refractivity contribution < 1.29 is 19.1 Å². The molecule has 1 fully saturated rings. The number of hydrogen-bond donors (Lipinski definition) is 2. The van der Waals surface area contributed by atoms with E-state index in [0.717, 1.165) is 18.5 Å². The fourth-order valence-electron chi connectivity index (χ4n) is 3.32. The Hall–Kier alpha value is -3.16. The number of carboxylic acid groups (broad SMARTS) is 1. The molecule has 1 amide bonds. The molecule has 0 aliphatic carbocycles. The molecular weight excluding hydrogens is 375 g/mol. The van der Waals surface area contributed by atoms with Crippen LogP contribution in [0, 0.1) is 5.82 Å². The molecular formula is C21H25FN4O3. The van der Waals surface area contributed by atoms with Crippen LogP contribution < -0.4 is 15.1 Å². The minimum absolute atomic E-state index is 0.0634. The van der Waals surface area contributed by atoms with Gasteiger partial charge in [0.25, 0.3) is 0 Å². The maximum Gasteiger partial charge on any atom is 0.339 e. The predicted octanol–water partition coefficient (Wildman–Crippen LogP) is 3.37. The zero-order valence-electron chi connectivity index (χ0n) is 16.4. The summed E-state index contributed by atoms with van der Waals surface area (Å²) in [5.74, 6) is -1.11. The van der Waals surface area contributed by atoms with E-state index in [-0.39, 0.29) is 17.3 Å². The van der Waals surface area contributed by atoms with Crippen molar-refractivity contribution in [3.8, 4) is 0 Å². The van der Waals surface area contributed by atoms with E-state index in [1.54, 1.807) is 12.1 Å². The highest BCUT2D eigenvalue weighted by Crippen LogP contribution is 2.24. The maximum atomic E-state index is 13.1. The number of aromatic carboxylic acids is 1. The first-order chi connectivity index (χ1) is 14.0. The second-order valence-electron chi connectivity index (χ2n) is 7.00. The van der Waals surface area contributed by atoms with Crippen LogP contribution in [0.2, 0.25) is 0 Å². The third-order valence-electron chi connectivity index (χ3n) is 4.91. The number of hydrogen-bond acceptors (Lipinski definition) is 5. The van der Waals surface area contributed by atoms with Gasteiger partial charge in [0.1, 0.15) is 17.2 Å². The van der Waals surface area contributed by atoms with Crippen LogP contribution in [0.15, 0.2) is 36.5 Å². The summed E-state index contributed by atoms with van der Waals surface area (Å²) in [5, 5.41) is 12.3. The number of amides is 1. The Morgan fingerprint density at radius 3 is 2.41 bits per heavy atom. The molecule has 2 aromatic rings. The number of aromatic nitrogens is 1. The zero-order chi connectivity index (χ0) is 20.8. The Morgan fingerprint density at radius 2 is 1.79 bits per heavy atom. The van der Waals surface area contributed by atoms with Crippen LogP contribution in [0.5, 0.6) is 0 Å². The van der Waals surface area contributed by atoms with Gasteiger partial charge in [-0.3, -0.25) is 4.79 Å². The fraction of sp³-hybridized carbons (Fsp3) is 0.381. The first kappa shape index (κ1) is 20.6. The number of carbonyl (C=O) groups excluding carboxylic acids is 1. The maximum absolute atomic E-state index is 13.1. The van der Waals surface area contributed by atoms with E-state index >= 15 is 0 Å². The van der Waals surface area contributed by atoms with Gasteiger partial charge >= 0.3 is 5.97 Å². The molecule has 1 aliphatic heterocycles. The molecule has 0 saturated carbocycles. The molecule has 8 heteroatoms. The van der Waals surface area contributed by atoms with E-state index in [1.165, 1.54) is 24.4 Å². The average Bonchev–Trinajstić information content (AvgIpc) is 2.73. The van der Waals surface area contributed by atoms with Gasteiger partial charge in [-0.25, -0.2) is 14.2 Å². The van der Waals surface area contributed by atoms with E-state index in [9.17, 15) is 19.1 Å². The average molecular weight is 400 g/mol. The normalized spacial score (nSPS) is 14.0. The lowest BCUT2D eigenvalue weighted by atomic mass is 10.2. The van der Waals surface area contributed by atoms with Gasteiger partial charge in [-0.05, 0) is 36.8 Å². The van der Waals surface area contributed by atoms with Gasteiger partial charge in [0.05, 0.1) is 11.9 Å². The molecule has 1 aliphatic rings. The van der Waals surface area contributed by atoms with Crippen molar-refractivity contribution in [1.82, 2.24) is 4.98 Å².